The lowest BCUT2D eigenvalue weighted by Crippen LogP contribution is -2.35. The van der Waals surface area contributed by atoms with Crippen molar-refractivity contribution < 1.29 is 9.53 Å². The highest BCUT2D eigenvalue weighted by Crippen LogP contribution is 2.40. The van der Waals surface area contributed by atoms with Gasteiger partial charge in [-0.1, -0.05) is 11.6 Å². The van der Waals surface area contributed by atoms with E-state index >= 15 is 0 Å². The van der Waals surface area contributed by atoms with Crippen molar-refractivity contribution >= 4 is 17.7 Å². The zero-order valence-electron chi connectivity index (χ0n) is 21.1. The van der Waals surface area contributed by atoms with Crippen molar-refractivity contribution in [3.8, 4) is 5.69 Å². The first-order chi connectivity index (χ1) is 16.6. The predicted molar refractivity (Wildman–Crippen MR) is 134 cm³/mol. The Balaban J connectivity index is 1.44. The number of fused-ring (bicyclic) bond motifs is 3. The van der Waals surface area contributed by atoms with Gasteiger partial charge in [0.1, 0.15) is 11.4 Å². The molecule has 1 aliphatic carbocycles. The monoisotopic (exact) mass is 496 g/mol. The van der Waals surface area contributed by atoms with Gasteiger partial charge in [0.05, 0.1) is 30.5 Å². The van der Waals surface area contributed by atoms with E-state index in [-0.39, 0.29) is 6.09 Å². The SMILES string of the molecule is Cc1cc(C)n(C2CCC(c3nnc4n3-c3ccc(Cl)cc3CN(C(=O)OC(C)(C)C)C4)CC2)n1. The van der Waals surface area contributed by atoms with Crippen molar-refractivity contribution in [3.63, 3.8) is 0 Å². The first kappa shape index (κ1) is 23.9. The molecule has 0 unspecified atom stereocenters. The van der Waals surface area contributed by atoms with Gasteiger partial charge >= 0.3 is 6.09 Å². The molecular weight excluding hydrogens is 464 g/mol. The molecule has 1 fully saturated rings. The second-order valence-corrected chi connectivity index (χ2v) is 11.2. The molecule has 3 heterocycles. The number of ether oxygens (including phenoxy) is 1. The minimum Gasteiger partial charge on any atom is -0.444 e. The Bertz CT molecular complexity index is 1250. The van der Waals surface area contributed by atoms with E-state index in [0.29, 0.717) is 30.1 Å². The van der Waals surface area contributed by atoms with Crippen LogP contribution < -0.4 is 0 Å². The first-order valence-electron chi connectivity index (χ1n) is 12.3. The van der Waals surface area contributed by atoms with Crippen LogP contribution in [0.1, 0.15) is 87.0 Å². The number of carbonyl (C=O) groups excluding carboxylic acids is 1. The van der Waals surface area contributed by atoms with Gasteiger partial charge in [0, 0.05) is 16.6 Å². The van der Waals surface area contributed by atoms with Gasteiger partial charge in [0.25, 0.3) is 0 Å². The molecule has 1 aromatic carbocycles. The van der Waals surface area contributed by atoms with Gasteiger partial charge < -0.3 is 4.74 Å². The molecule has 0 N–H and O–H groups in total. The molecule has 186 valence electrons. The van der Waals surface area contributed by atoms with Crippen molar-refractivity contribution in [3.05, 3.63) is 57.9 Å². The van der Waals surface area contributed by atoms with E-state index in [9.17, 15) is 4.79 Å². The number of halogens is 1. The number of aromatic nitrogens is 5. The van der Waals surface area contributed by atoms with E-state index in [2.05, 4.69) is 32.4 Å². The van der Waals surface area contributed by atoms with Crippen molar-refractivity contribution in [2.75, 3.05) is 0 Å². The number of carbonyl (C=O) groups is 1. The van der Waals surface area contributed by atoms with E-state index in [1.807, 2.05) is 45.9 Å². The molecule has 0 radical (unpaired) electrons. The zero-order chi connectivity index (χ0) is 24.9. The fraction of sp³-hybridized carbons (Fsp3) is 0.538. The molecule has 3 aromatic rings. The molecule has 9 heteroatoms. The Hall–Kier alpha value is -2.87. The van der Waals surface area contributed by atoms with Crippen LogP contribution in [0.2, 0.25) is 5.02 Å². The number of hydrogen-bond donors (Lipinski definition) is 0. The van der Waals surface area contributed by atoms with Crippen LogP contribution in [-0.2, 0) is 17.8 Å². The zero-order valence-corrected chi connectivity index (χ0v) is 21.8. The molecule has 1 aliphatic heterocycles. The molecule has 0 bridgehead atoms. The number of rotatable bonds is 2. The molecule has 1 amide bonds. The maximum Gasteiger partial charge on any atom is 0.411 e. The Kier molecular flexibility index (Phi) is 6.11. The topological polar surface area (TPSA) is 78.1 Å². The number of amides is 1. The Morgan fingerprint density at radius 1 is 1.06 bits per heavy atom. The fourth-order valence-electron chi connectivity index (χ4n) is 5.34. The fourth-order valence-corrected chi connectivity index (χ4v) is 5.54. The molecule has 2 aliphatic rings. The largest absolute Gasteiger partial charge is 0.444 e. The smallest absolute Gasteiger partial charge is 0.411 e. The van der Waals surface area contributed by atoms with Crippen LogP contribution in [0, 0.1) is 13.8 Å². The number of benzene rings is 1. The predicted octanol–water partition coefficient (Wildman–Crippen LogP) is 5.88. The van der Waals surface area contributed by atoms with Crippen molar-refractivity contribution in [1.29, 1.82) is 0 Å². The summed E-state index contributed by atoms with van der Waals surface area (Å²) in [7, 11) is 0. The molecule has 2 aromatic heterocycles. The molecule has 8 nitrogen and oxygen atoms in total. The third-order valence-electron chi connectivity index (χ3n) is 6.84. The summed E-state index contributed by atoms with van der Waals surface area (Å²) >= 11 is 6.36. The van der Waals surface area contributed by atoms with E-state index < -0.39 is 5.60 Å². The molecule has 1 saturated carbocycles. The third kappa shape index (κ3) is 4.81. The lowest BCUT2D eigenvalue weighted by Gasteiger charge is -2.29. The Morgan fingerprint density at radius 3 is 2.46 bits per heavy atom. The molecule has 5 rings (SSSR count). The Labute approximate surface area is 211 Å². The molecule has 0 atom stereocenters. The number of hydrogen-bond acceptors (Lipinski definition) is 5. The Morgan fingerprint density at radius 2 is 1.80 bits per heavy atom. The second-order valence-electron chi connectivity index (χ2n) is 10.8. The van der Waals surface area contributed by atoms with Crippen LogP contribution in [0.4, 0.5) is 4.79 Å². The second kappa shape index (κ2) is 8.97. The molecule has 35 heavy (non-hydrogen) atoms. The van der Waals surface area contributed by atoms with Crippen LogP contribution in [0.5, 0.6) is 0 Å². The molecule has 0 spiro atoms. The van der Waals surface area contributed by atoms with Gasteiger partial charge in [-0.15, -0.1) is 10.2 Å². The molecule has 0 saturated heterocycles. The van der Waals surface area contributed by atoms with E-state index in [1.165, 1.54) is 5.69 Å². The van der Waals surface area contributed by atoms with Crippen LogP contribution in [0.15, 0.2) is 24.3 Å². The number of aryl methyl sites for hydroxylation is 2. The summed E-state index contributed by atoms with van der Waals surface area (Å²) in [4.78, 5) is 14.7. The average molecular weight is 497 g/mol. The highest BCUT2D eigenvalue weighted by molar-refractivity contribution is 6.30. The minimum absolute atomic E-state index is 0.293. The summed E-state index contributed by atoms with van der Waals surface area (Å²) in [6.45, 7) is 10.5. The van der Waals surface area contributed by atoms with Gasteiger partial charge in [-0.3, -0.25) is 14.1 Å². The maximum atomic E-state index is 13.0. The van der Waals surface area contributed by atoms with Crippen LogP contribution >= 0.6 is 11.6 Å². The van der Waals surface area contributed by atoms with Gasteiger partial charge in [-0.2, -0.15) is 5.10 Å². The van der Waals surface area contributed by atoms with Crippen LogP contribution in [-0.4, -0.2) is 41.1 Å². The number of nitrogens with zero attached hydrogens (tertiary/aromatic N) is 6. The van der Waals surface area contributed by atoms with Crippen molar-refractivity contribution in [2.45, 2.75) is 91.0 Å². The van der Waals surface area contributed by atoms with Gasteiger partial charge in [-0.25, -0.2) is 4.79 Å². The third-order valence-corrected chi connectivity index (χ3v) is 7.07. The van der Waals surface area contributed by atoms with E-state index in [4.69, 9.17) is 21.4 Å². The van der Waals surface area contributed by atoms with Gasteiger partial charge in [-0.05, 0) is 90.1 Å². The summed E-state index contributed by atoms with van der Waals surface area (Å²) < 4.78 is 10.00. The van der Waals surface area contributed by atoms with Gasteiger partial charge in [0.2, 0.25) is 0 Å². The standard InChI is InChI=1S/C26H33ClN6O2/c1-16-12-17(2)33(30-16)21-9-6-18(7-10-21)24-29-28-23-15-31(25(34)35-26(3,4)5)14-19-13-20(27)8-11-22(19)32(23)24/h8,11-13,18,21H,6-7,9-10,14-15H2,1-5H3. The summed E-state index contributed by atoms with van der Waals surface area (Å²) in [6, 6.07) is 8.38. The normalized spacial score (nSPS) is 20.2. The minimum atomic E-state index is -0.580. The summed E-state index contributed by atoms with van der Waals surface area (Å²) in [5.74, 6) is 2.00. The molecular formula is C26H33ClN6O2. The average Bonchev–Trinajstić information content (AvgIpc) is 3.30. The lowest BCUT2D eigenvalue weighted by atomic mass is 9.85. The highest BCUT2D eigenvalue weighted by atomic mass is 35.5. The highest BCUT2D eigenvalue weighted by Gasteiger charge is 2.33. The van der Waals surface area contributed by atoms with Crippen LogP contribution in [0.3, 0.4) is 0 Å². The van der Waals surface area contributed by atoms with Gasteiger partial charge in [0.15, 0.2) is 5.82 Å². The summed E-state index contributed by atoms with van der Waals surface area (Å²) in [6.07, 6.45) is 3.75. The maximum absolute atomic E-state index is 13.0. The van der Waals surface area contributed by atoms with E-state index in [0.717, 1.165) is 54.3 Å². The van der Waals surface area contributed by atoms with Crippen molar-refractivity contribution in [2.24, 2.45) is 0 Å². The van der Waals surface area contributed by atoms with Crippen LogP contribution in [0.25, 0.3) is 5.69 Å². The first-order valence-corrected chi connectivity index (χ1v) is 12.7. The van der Waals surface area contributed by atoms with E-state index in [1.54, 1.807) is 4.90 Å². The van der Waals surface area contributed by atoms with Crippen molar-refractivity contribution in [1.82, 2.24) is 29.4 Å². The quantitative estimate of drug-likeness (QED) is 0.442. The lowest BCUT2D eigenvalue weighted by molar-refractivity contribution is 0.0214. The summed E-state index contributed by atoms with van der Waals surface area (Å²) in [5, 5.41) is 14.6. The summed E-state index contributed by atoms with van der Waals surface area (Å²) in [5.41, 5.74) is 3.65.